The number of nitrogens with zero attached hydrogens (tertiary/aromatic N) is 2. The zero-order valence-corrected chi connectivity index (χ0v) is 6.02. The van der Waals surface area contributed by atoms with Crippen LogP contribution in [0.2, 0.25) is 0 Å². The zero-order valence-electron chi connectivity index (χ0n) is 6.02. The summed E-state index contributed by atoms with van der Waals surface area (Å²) in [5.41, 5.74) is 5.22. The second-order valence-corrected chi connectivity index (χ2v) is 1.83. The standard InChI is InChI=1S/C5H9N3O3/c1-2-10-5-3(4(6)9)7-11-8-5/h4,9H,2,6H2,1H3. The van der Waals surface area contributed by atoms with Crippen LogP contribution in [0.4, 0.5) is 0 Å². The Morgan fingerprint density at radius 2 is 2.45 bits per heavy atom. The molecule has 0 aromatic carbocycles. The molecule has 1 aromatic heterocycles. The van der Waals surface area contributed by atoms with Crippen LogP contribution in [0.5, 0.6) is 5.88 Å². The molecule has 0 amide bonds. The lowest BCUT2D eigenvalue weighted by molar-refractivity contribution is 0.170. The Labute approximate surface area is 62.9 Å². The molecule has 3 N–H and O–H groups in total. The van der Waals surface area contributed by atoms with Crippen LogP contribution in [0.1, 0.15) is 18.8 Å². The van der Waals surface area contributed by atoms with Gasteiger partial charge < -0.3 is 15.6 Å². The van der Waals surface area contributed by atoms with Crippen LogP contribution >= 0.6 is 0 Å². The molecule has 0 fully saturated rings. The second-order valence-electron chi connectivity index (χ2n) is 1.83. The quantitative estimate of drug-likeness (QED) is 0.573. The summed E-state index contributed by atoms with van der Waals surface area (Å²) < 4.78 is 9.23. The molecule has 6 heteroatoms. The molecular weight excluding hydrogens is 150 g/mol. The summed E-state index contributed by atoms with van der Waals surface area (Å²) in [5.74, 6) is 0.141. The minimum Gasteiger partial charge on any atom is -0.474 e. The molecule has 1 unspecified atom stereocenters. The molecule has 11 heavy (non-hydrogen) atoms. The van der Waals surface area contributed by atoms with Gasteiger partial charge in [-0.3, -0.25) is 0 Å². The predicted octanol–water partition coefficient (Wildman–Crippen LogP) is -0.582. The van der Waals surface area contributed by atoms with E-state index >= 15 is 0 Å². The van der Waals surface area contributed by atoms with E-state index in [-0.39, 0.29) is 11.6 Å². The molecule has 0 radical (unpaired) electrons. The molecule has 0 bridgehead atoms. The molecular formula is C5H9N3O3. The van der Waals surface area contributed by atoms with E-state index in [9.17, 15) is 0 Å². The third kappa shape index (κ3) is 1.66. The van der Waals surface area contributed by atoms with Crippen LogP contribution in [0, 0.1) is 0 Å². The first-order valence-electron chi connectivity index (χ1n) is 3.14. The summed E-state index contributed by atoms with van der Waals surface area (Å²) in [7, 11) is 0. The number of ether oxygens (including phenoxy) is 1. The predicted molar refractivity (Wildman–Crippen MR) is 34.6 cm³/mol. The van der Waals surface area contributed by atoms with E-state index in [0.717, 1.165) is 0 Å². The van der Waals surface area contributed by atoms with Gasteiger partial charge in [0.2, 0.25) is 0 Å². The maximum atomic E-state index is 8.86. The third-order valence-electron chi connectivity index (χ3n) is 1.04. The van der Waals surface area contributed by atoms with E-state index in [1.165, 1.54) is 0 Å². The molecule has 1 atom stereocenters. The van der Waals surface area contributed by atoms with Crippen molar-refractivity contribution < 1.29 is 14.5 Å². The normalized spacial score (nSPS) is 13.0. The smallest absolute Gasteiger partial charge is 0.283 e. The SMILES string of the molecule is CCOc1nonc1C(N)O. The molecule has 0 saturated heterocycles. The summed E-state index contributed by atoms with van der Waals surface area (Å²) in [5, 5.41) is 15.6. The number of aromatic nitrogens is 2. The van der Waals surface area contributed by atoms with Crippen LogP contribution < -0.4 is 10.5 Å². The van der Waals surface area contributed by atoms with E-state index in [2.05, 4.69) is 14.9 Å². The highest BCUT2D eigenvalue weighted by atomic mass is 16.6. The van der Waals surface area contributed by atoms with E-state index in [1.807, 2.05) is 0 Å². The number of aliphatic hydroxyl groups excluding tert-OH is 1. The van der Waals surface area contributed by atoms with Crippen molar-refractivity contribution in [2.45, 2.75) is 13.2 Å². The fourth-order valence-corrected chi connectivity index (χ4v) is 0.605. The second kappa shape index (κ2) is 3.31. The number of hydrogen-bond donors (Lipinski definition) is 2. The summed E-state index contributed by atoms with van der Waals surface area (Å²) in [6.07, 6.45) is -1.21. The summed E-state index contributed by atoms with van der Waals surface area (Å²) >= 11 is 0. The van der Waals surface area contributed by atoms with Crippen molar-refractivity contribution in [3.63, 3.8) is 0 Å². The highest BCUT2D eigenvalue weighted by molar-refractivity contribution is 5.15. The van der Waals surface area contributed by atoms with Gasteiger partial charge in [-0.05, 0) is 17.2 Å². The van der Waals surface area contributed by atoms with Gasteiger partial charge in [-0.1, -0.05) is 0 Å². The molecule has 6 nitrogen and oxygen atoms in total. The van der Waals surface area contributed by atoms with E-state index in [0.29, 0.717) is 6.61 Å². The largest absolute Gasteiger partial charge is 0.474 e. The van der Waals surface area contributed by atoms with Gasteiger partial charge in [0.15, 0.2) is 11.9 Å². The first-order chi connectivity index (χ1) is 5.25. The minimum absolute atomic E-state index is 0.117. The van der Waals surface area contributed by atoms with Gasteiger partial charge in [0, 0.05) is 0 Å². The van der Waals surface area contributed by atoms with Gasteiger partial charge >= 0.3 is 0 Å². The summed E-state index contributed by atoms with van der Waals surface area (Å²) in [6.45, 7) is 2.20. The zero-order chi connectivity index (χ0) is 8.27. The third-order valence-corrected chi connectivity index (χ3v) is 1.04. The summed E-state index contributed by atoms with van der Waals surface area (Å²) in [4.78, 5) is 0. The van der Waals surface area contributed by atoms with Crippen molar-refractivity contribution >= 4 is 0 Å². The van der Waals surface area contributed by atoms with Crippen molar-refractivity contribution in [2.24, 2.45) is 5.73 Å². The van der Waals surface area contributed by atoms with Gasteiger partial charge in [-0.2, -0.15) is 0 Å². The fraction of sp³-hybridized carbons (Fsp3) is 0.600. The molecule has 0 saturated carbocycles. The number of aliphatic hydroxyl groups is 1. The van der Waals surface area contributed by atoms with Gasteiger partial charge in [0.25, 0.3) is 5.88 Å². The average molecular weight is 159 g/mol. The molecule has 0 aliphatic carbocycles. The summed E-state index contributed by atoms with van der Waals surface area (Å²) in [6, 6.07) is 0. The fourth-order valence-electron chi connectivity index (χ4n) is 0.605. The van der Waals surface area contributed by atoms with Gasteiger partial charge in [0.1, 0.15) is 0 Å². The lowest BCUT2D eigenvalue weighted by Crippen LogP contribution is -2.10. The maximum absolute atomic E-state index is 8.86. The Hall–Kier alpha value is -1.14. The molecule has 1 heterocycles. The minimum atomic E-state index is -1.21. The topological polar surface area (TPSA) is 94.4 Å². The molecule has 62 valence electrons. The van der Waals surface area contributed by atoms with Crippen molar-refractivity contribution in [3.05, 3.63) is 5.69 Å². The first-order valence-corrected chi connectivity index (χ1v) is 3.14. The van der Waals surface area contributed by atoms with Crippen LogP contribution in [0.3, 0.4) is 0 Å². The van der Waals surface area contributed by atoms with Crippen molar-refractivity contribution in [1.82, 2.24) is 10.3 Å². The Bertz CT molecular complexity index is 223. The Kier molecular flexibility index (Phi) is 2.40. The first kappa shape index (κ1) is 7.96. The molecule has 0 aliphatic heterocycles. The Morgan fingerprint density at radius 3 is 3.00 bits per heavy atom. The van der Waals surface area contributed by atoms with E-state index < -0.39 is 6.23 Å². The van der Waals surface area contributed by atoms with Crippen molar-refractivity contribution in [2.75, 3.05) is 6.61 Å². The van der Waals surface area contributed by atoms with Crippen molar-refractivity contribution in [3.8, 4) is 5.88 Å². The van der Waals surface area contributed by atoms with E-state index in [1.54, 1.807) is 6.92 Å². The Morgan fingerprint density at radius 1 is 1.73 bits per heavy atom. The van der Waals surface area contributed by atoms with E-state index in [4.69, 9.17) is 15.6 Å². The monoisotopic (exact) mass is 159 g/mol. The number of rotatable bonds is 3. The number of nitrogens with two attached hydrogens (primary N) is 1. The molecule has 0 spiro atoms. The molecule has 0 aliphatic rings. The Balaban J connectivity index is 2.78. The molecule has 1 rings (SSSR count). The average Bonchev–Trinajstić information content (AvgIpc) is 2.36. The van der Waals surface area contributed by atoms with Crippen LogP contribution in [-0.2, 0) is 0 Å². The lowest BCUT2D eigenvalue weighted by Gasteiger charge is -2.00. The highest BCUT2D eigenvalue weighted by Gasteiger charge is 2.15. The molecule has 1 aromatic rings. The maximum Gasteiger partial charge on any atom is 0.283 e. The van der Waals surface area contributed by atoms with Gasteiger partial charge in [0.05, 0.1) is 6.61 Å². The number of hydrogen-bond acceptors (Lipinski definition) is 6. The highest BCUT2D eigenvalue weighted by Crippen LogP contribution is 2.16. The van der Waals surface area contributed by atoms with Gasteiger partial charge in [-0.25, -0.2) is 4.63 Å². The lowest BCUT2D eigenvalue weighted by atomic mass is 10.4. The van der Waals surface area contributed by atoms with Crippen LogP contribution in [-0.4, -0.2) is 22.0 Å². The van der Waals surface area contributed by atoms with Crippen LogP contribution in [0.25, 0.3) is 0 Å². The van der Waals surface area contributed by atoms with Crippen LogP contribution in [0.15, 0.2) is 4.63 Å². The van der Waals surface area contributed by atoms with Gasteiger partial charge in [-0.15, -0.1) is 0 Å². The van der Waals surface area contributed by atoms with Crippen molar-refractivity contribution in [1.29, 1.82) is 0 Å².